The highest BCUT2D eigenvalue weighted by molar-refractivity contribution is 7.21. The molecule has 5 heteroatoms. The van der Waals surface area contributed by atoms with Gasteiger partial charge in [-0.2, -0.15) is 0 Å². The van der Waals surface area contributed by atoms with E-state index in [1.807, 2.05) is 0 Å². The van der Waals surface area contributed by atoms with Crippen LogP contribution in [0, 0.1) is 12.7 Å². The number of rotatable bonds is 1. The lowest BCUT2D eigenvalue weighted by Gasteiger charge is -1.97. The van der Waals surface area contributed by atoms with Crippen molar-refractivity contribution in [3.8, 4) is 0 Å². The molecule has 0 saturated carbocycles. The van der Waals surface area contributed by atoms with Crippen molar-refractivity contribution in [1.29, 1.82) is 0 Å². The first kappa shape index (κ1) is 10.9. The number of hydrogen-bond acceptors (Lipinski definition) is 4. The van der Waals surface area contributed by atoms with Crippen molar-refractivity contribution in [2.45, 2.75) is 6.92 Å². The zero-order valence-corrected chi connectivity index (χ0v) is 9.65. The second-order valence-corrected chi connectivity index (χ2v) is 4.46. The maximum atomic E-state index is 13.2. The summed E-state index contributed by atoms with van der Waals surface area (Å²) in [5, 5.41) is 0.572. The minimum atomic E-state index is -0.487. The molecule has 0 fully saturated rings. The third-order valence-corrected chi connectivity index (χ3v) is 3.69. The second-order valence-electron chi connectivity index (χ2n) is 3.44. The summed E-state index contributed by atoms with van der Waals surface area (Å²) in [6.45, 7) is 1.78. The number of methoxy groups -OCH3 is 1. The van der Waals surface area contributed by atoms with E-state index in [0.717, 1.165) is 10.3 Å². The number of fused-ring (bicyclic) bond motifs is 1. The van der Waals surface area contributed by atoms with Gasteiger partial charge in [0.05, 0.1) is 12.8 Å². The van der Waals surface area contributed by atoms with E-state index >= 15 is 0 Å². The molecule has 16 heavy (non-hydrogen) atoms. The Hall–Kier alpha value is -1.62. The van der Waals surface area contributed by atoms with Gasteiger partial charge in [-0.25, -0.2) is 9.18 Å². The van der Waals surface area contributed by atoms with Crippen molar-refractivity contribution in [1.82, 2.24) is 0 Å². The summed E-state index contributed by atoms with van der Waals surface area (Å²) in [5.41, 5.74) is 6.85. The summed E-state index contributed by atoms with van der Waals surface area (Å²) in [6.07, 6.45) is 0. The van der Waals surface area contributed by atoms with E-state index < -0.39 is 5.97 Å². The zero-order valence-electron chi connectivity index (χ0n) is 8.83. The maximum absolute atomic E-state index is 13.2. The Balaban J connectivity index is 2.77. The van der Waals surface area contributed by atoms with Crippen molar-refractivity contribution in [2.24, 2.45) is 0 Å². The summed E-state index contributed by atoms with van der Waals surface area (Å²) < 4.78 is 18.6. The number of hydrogen-bond donors (Lipinski definition) is 1. The largest absolute Gasteiger partial charge is 0.465 e. The highest BCUT2D eigenvalue weighted by atomic mass is 32.1. The van der Waals surface area contributed by atoms with Gasteiger partial charge < -0.3 is 10.5 Å². The Kier molecular flexibility index (Phi) is 2.55. The van der Waals surface area contributed by atoms with E-state index in [0.29, 0.717) is 10.3 Å². The third-order valence-electron chi connectivity index (χ3n) is 2.35. The summed E-state index contributed by atoms with van der Waals surface area (Å²) in [4.78, 5) is 11.7. The lowest BCUT2D eigenvalue weighted by atomic mass is 10.1. The van der Waals surface area contributed by atoms with E-state index in [4.69, 9.17) is 5.73 Å². The van der Waals surface area contributed by atoms with Crippen molar-refractivity contribution in [3.63, 3.8) is 0 Å². The molecule has 0 spiro atoms. The van der Waals surface area contributed by atoms with Gasteiger partial charge in [0.1, 0.15) is 10.7 Å². The number of carbonyl (C=O) groups is 1. The van der Waals surface area contributed by atoms with Crippen LogP contribution in [0.15, 0.2) is 12.1 Å². The van der Waals surface area contributed by atoms with Gasteiger partial charge in [-0.1, -0.05) is 0 Å². The van der Waals surface area contributed by atoms with Crippen molar-refractivity contribution >= 4 is 33.1 Å². The molecule has 2 N–H and O–H groups in total. The molecule has 2 aromatic rings. The van der Waals surface area contributed by atoms with Crippen LogP contribution in [0.4, 0.5) is 10.1 Å². The fourth-order valence-corrected chi connectivity index (χ4v) is 2.68. The lowest BCUT2D eigenvalue weighted by Crippen LogP contribution is -2.01. The zero-order chi connectivity index (χ0) is 11.9. The number of nitrogens with two attached hydrogens (primary N) is 1. The molecule has 0 atom stereocenters. The average Bonchev–Trinajstić information content (AvgIpc) is 2.56. The molecule has 1 aromatic carbocycles. The first-order valence-corrected chi connectivity index (χ1v) is 5.42. The van der Waals surface area contributed by atoms with E-state index in [-0.39, 0.29) is 11.5 Å². The predicted molar refractivity (Wildman–Crippen MR) is 62.3 cm³/mol. The average molecular weight is 239 g/mol. The first-order chi connectivity index (χ1) is 7.54. The number of thiophene rings is 1. The maximum Gasteiger partial charge on any atom is 0.350 e. The van der Waals surface area contributed by atoms with Crippen molar-refractivity contribution in [3.05, 3.63) is 28.4 Å². The molecule has 1 aromatic heterocycles. The van der Waals surface area contributed by atoms with Crippen LogP contribution >= 0.6 is 11.3 Å². The minimum absolute atomic E-state index is 0.287. The Morgan fingerprint density at radius 3 is 2.81 bits per heavy atom. The number of halogens is 1. The quantitative estimate of drug-likeness (QED) is 0.778. The fourth-order valence-electron chi connectivity index (χ4n) is 1.59. The van der Waals surface area contributed by atoms with Crippen LogP contribution < -0.4 is 5.73 Å². The van der Waals surface area contributed by atoms with Crippen LogP contribution in [0.25, 0.3) is 10.1 Å². The number of aryl methyl sites for hydroxylation is 1. The Morgan fingerprint density at radius 1 is 1.50 bits per heavy atom. The molecule has 0 aliphatic carbocycles. The van der Waals surface area contributed by atoms with E-state index in [1.165, 1.54) is 30.6 Å². The van der Waals surface area contributed by atoms with E-state index in [9.17, 15) is 9.18 Å². The highest BCUT2D eigenvalue weighted by Crippen LogP contribution is 2.36. The number of anilines is 1. The number of benzene rings is 1. The molecule has 0 unspecified atom stereocenters. The van der Waals surface area contributed by atoms with Crippen LogP contribution in [0.5, 0.6) is 0 Å². The number of nitrogen functional groups attached to an aromatic ring is 1. The van der Waals surface area contributed by atoms with Crippen LogP contribution in [0.3, 0.4) is 0 Å². The van der Waals surface area contributed by atoms with Gasteiger partial charge in [0.2, 0.25) is 0 Å². The molecule has 0 bridgehead atoms. The molecular formula is C11H10FNO2S. The van der Waals surface area contributed by atoms with Crippen LogP contribution in [0.2, 0.25) is 0 Å². The van der Waals surface area contributed by atoms with Crippen LogP contribution in [-0.4, -0.2) is 13.1 Å². The van der Waals surface area contributed by atoms with Gasteiger partial charge in [-0.15, -0.1) is 11.3 Å². The molecule has 0 aliphatic heterocycles. The highest BCUT2D eigenvalue weighted by Gasteiger charge is 2.18. The summed E-state index contributed by atoms with van der Waals surface area (Å²) in [6, 6.07) is 2.75. The van der Waals surface area contributed by atoms with E-state index in [1.54, 1.807) is 6.92 Å². The third kappa shape index (κ3) is 1.53. The van der Waals surface area contributed by atoms with Gasteiger partial charge in [-0.3, -0.25) is 0 Å². The molecule has 3 nitrogen and oxygen atoms in total. The summed E-state index contributed by atoms with van der Waals surface area (Å²) in [7, 11) is 1.29. The molecule has 0 aliphatic rings. The minimum Gasteiger partial charge on any atom is -0.465 e. The standard InChI is InChI=1S/C11H10FNO2S/c1-5-3-6(12)4-7-8(13)10(11(14)15-2)16-9(5)7/h3-4H,13H2,1-2H3. The van der Waals surface area contributed by atoms with Crippen LogP contribution in [0.1, 0.15) is 15.2 Å². The van der Waals surface area contributed by atoms with Gasteiger partial charge >= 0.3 is 5.97 Å². The number of carbonyl (C=O) groups excluding carboxylic acids is 1. The first-order valence-electron chi connectivity index (χ1n) is 4.61. The molecule has 0 radical (unpaired) electrons. The Bertz CT molecular complexity index is 577. The number of ether oxygens (including phenoxy) is 1. The van der Waals surface area contributed by atoms with Gasteiger partial charge in [0.15, 0.2) is 0 Å². The molecule has 0 amide bonds. The Labute approximate surface area is 95.6 Å². The fraction of sp³-hybridized carbons (Fsp3) is 0.182. The van der Waals surface area contributed by atoms with E-state index in [2.05, 4.69) is 4.74 Å². The van der Waals surface area contributed by atoms with Crippen molar-refractivity contribution < 1.29 is 13.9 Å². The lowest BCUT2D eigenvalue weighted by molar-refractivity contribution is 0.0607. The SMILES string of the molecule is COC(=O)c1sc2c(C)cc(F)cc2c1N. The van der Waals surface area contributed by atoms with Crippen LogP contribution in [-0.2, 0) is 4.74 Å². The predicted octanol–water partition coefficient (Wildman–Crippen LogP) is 2.72. The van der Waals surface area contributed by atoms with Gasteiger partial charge in [-0.05, 0) is 24.6 Å². The second kappa shape index (κ2) is 3.75. The molecule has 84 valence electrons. The summed E-state index contributed by atoms with van der Waals surface area (Å²) >= 11 is 1.23. The smallest absolute Gasteiger partial charge is 0.350 e. The normalized spacial score (nSPS) is 10.7. The van der Waals surface area contributed by atoms with Crippen molar-refractivity contribution in [2.75, 3.05) is 12.8 Å². The number of esters is 1. The monoisotopic (exact) mass is 239 g/mol. The Morgan fingerprint density at radius 2 is 2.19 bits per heavy atom. The van der Waals surface area contributed by atoms with Gasteiger partial charge in [0, 0.05) is 10.1 Å². The molecular weight excluding hydrogens is 229 g/mol. The topological polar surface area (TPSA) is 52.3 Å². The molecule has 2 rings (SSSR count). The van der Waals surface area contributed by atoms with Gasteiger partial charge in [0.25, 0.3) is 0 Å². The summed E-state index contributed by atoms with van der Waals surface area (Å²) in [5.74, 6) is -0.843. The molecule has 0 saturated heterocycles. The molecule has 1 heterocycles.